The second kappa shape index (κ2) is 7.04. The van der Waals surface area contributed by atoms with Crippen LogP contribution < -0.4 is 5.32 Å². The minimum Gasteiger partial charge on any atom is -0.352 e. The molecule has 0 spiro atoms. The predicted octanol–water partition coefficient (Wildman–Crippen LogP) is 2.34. The van der Waals surface area contributed by atoms with Crippen LogP contribution in [0.3, 0.4) is 0 Å². The third-order valence-electron chi connectivity index (χ3n) is 5.20. The van der Waals surface area contributed by atoms with E-state index in [0.29, 0.717) is 12.3 Å². The normalized spacial score (nSPS) is 25.3. The molecule has 5 heteroatoms. The van der Waals surface area contributed by atoms with Gasteiger partial charge in [-0.2, -0.15) is 0 Å². The summed E-state index contributed by atoms with van der Waals surface area (Å²) in [6.45, 7) is 0. The summed E-state index contributed by atoms with van der Waals surface area (Å²) in [5, 5.41) is 3.18. The van der Waals surface area contributed by atoms with Crippen molar-refractivity contribution in [1.82, 2.24) is 5.32 Å². The zero-order valence-corrected chi connectivity index (χ0v) is 14.2. The minimum atomic E-state index is -3.02. The third-order valence-corrected chi connectivity index (χ3v) is 6.97. The average Bonchev–Trinajstić information content (AvgIpc) is 3.17. The Morgan fingerprint density at radius 3 is 2.43 bits per heavy atom. The fourth-order valence-electron chi connectivity index (χ4n) is 3.87. The molecule has 1 aromatic rings. The van der Waals surface area contributed by atoms with Gasteiger partial charge in [0.2, 0.25) is 5.91 Å². The SMILES string of the molecule is O=C(N[C@H](Cc1ccccc1)C1CCCC1)[C@@H]1CCS(=O)(=O)C1. The van der Waals surface area contributed by atoms with Crippen LogP contribution in [0.4, 0.5) is 0 Å². The lowest BCUT2D eigenvalue weighted by Gasteiger charge is -2.26. The standard InChI is InChI=1S/C18H25NO3S/c20-18(16-10-11-23(21,22)13-16)19-17(15-8-4-5-9-15)12-14-6-2-1-3-7-14/h1-3,6-7,15-17H,4-5,8-13H2,(H,19,20)/t16-,17-/m1/s1. The molecule has 2 atom stereocenters. The summed E-state index contributed by atoms with van der Waals surface area (Å²) in [6.07, 6.45) is 6.06. The lowest BCUT2D eigenvalue weighted by atomic mass is 9.91. The molecule has 1 saturated heterocycles. The molecule has 2 fully saturated rings. The summed E-state index contributed by atoms with van der Waals surface area (Å²) in [4.78, 5) is 12.5. The molecule has 1 aliphatic heterocycles. The van der Waals surface area contributed by atoms with Gasteiger partial charge in [-0.3, -0.25) is 4.79 Å². The highest BCUT2D eigenvalue weighted by Crippen LogP contribution is 2.30. The van der Waals surface area contributed by atoms with E-state index in [1.54, 1.807) is 0 Å². The maximum Gasteiger partial charge on any atom is 0.224 e. The van der Waals surface area contributed by atoms with E-state index in [9.17, 15) is 13.2 Å². The molecule has 3 rings (SSSR count). The Morgan fingerprint density at radius 2 is 1.83 bits per heavy atom. The Bertz CT molecular complexity index is 635. The first kappa shape index (κ1) is 16.5. The number of carbonyl (C=O) groups is 1. The highest BCUT2D eigenvalue weighted by molar-refractivity contribution is 7.91. The molecule has 2 aliphatic rings. The van der Waals surface area contributed by atoms with Crippen molar-refractivity contribution in [2.45, 2.75) is 44.6 Å². The first-order chi connectivity index (χ1) is 11.0. The topological polar surface area (TPSA) is 63.2 Å². The molecule has 1 amide bonds. The van der Waals surface area contributed by atoms with Gasteiger partial charge in [0.15, 0.2) is 9.84 Å². The summed E-state index contributed by atoms with van der Waals surface area (Å²) >= 11 is 0. The van der Waals surface area contributed by atoms with Crippen LogP contribution in [0.25, 0.3) is 0 Å². The van der Waals surface area contributed by atoms with E-state index in [1.165, 1.54) is 18.4 Å². The Kier molecular flexibility index (Phi) is 5.05. The van der Waals surface area contributed by atoms with Crippen molar-refractivity contribution < 1.29 is 13.2 Å². The van der Waals surface area contributed by atoms with E-state index < -0.39 is 9.84 Å². The lowest BCUT2D eigenvalue weighted by Crippen LogP contribution is -2.44. The van der Waals surface area contributed by atoms with E-state index in [4.69, 9.17) is 0 Å². The van der Waals surface area contributed by atoms with Crippen LogP contribution >= 0.6 is 0 Å². The van der Waals surface area contributed by atoms with Crippen LogP contribution in [0.2, 0.25) is 0 Å². The molecule has 0 aromatic heterocycles. The van der Waals surface area contributed by atoms with Crippen LogP contribution in [0.5, 0.6) is 0 Å². The van der Waals surface area contributed by atoms with E-state index in [-0.39, 0.29) is 29.4 Å². The minimum absolute atomic E-state index is 0.0154. The smallest absolute Gasteiger partial charge is 0.224 e. The van der Waals surface area contributed by atoms with Gasteiger partial charge in [-0.15, -0.1) is 0 Å². The average molecular weight is 335 g/mol. The molecule has 1 saturated carbocycles. The van der Waals surface area contributed by atoms with Crippen molar-refractivity contribution in [3.63, 3.8) is 0 Å². The number of amides is 1. The largest absolute Gasteiger partial charge is 0.352 e. The predicted molar refractivity (Wildman–Crippen MR) is 90.8 cm³/mol. The molecule has 1 heterocycles. The summed E-state index contributed by atoms with van der Waals surface area (Å²) < 4.78 is 23.2. The molecular weight excluding hydrogens is 310 g/mol. The Balaban J connectivity index is 1.67. The van der Waals surface area contributed by atoms with Crippen LogP contribution in [-0.2, 0) is 21.1 Å². The van der Waals surface area contributed by atoms with Gasteiger partial charge in [0.1, 0.15) is 0 Å². The highest BCUT2D eigenvalue weighted by atomic mass is 32.2. The van der Waals surface area contributed by atoms with Crippen LogP contribution in [-0.4, -0.2) is 31.9 Å². The van der Waals surface area contributed by atoms with E-state index in [2.05, 4.69) is 17.4 Å². The second-order valence-corrected chi connectivity index (χ2v) is 9.18. The maximum absolute atomic E-state index is 12.5. The molecule has 0 unspecified atom stereocenters. The summed E-state index contributed by atoms with van der Waals surface area (Å²) in [7, 11) is -3.02. The molecule has 0 bridgehead atoms. The van der Waals surface area contributed by atoms with Crippen molar-refractivity contribution >= 4 is 15.7 Å². The van der Waals surface area contributed by atoms with E-state index in [1.807, 2.05) is 18.2 Å². The van der Waals surface area contributed by atoms with Crippen molar-refractivity contribution in [2.24, 2.45) is 11.8 Å². The number of rotatable bonds is 5. The molecule has 1 N–H and O–H groups in total. The fourth-order valence-corrected chi connectivity index (χ4v) is 5.61. The quantitative estimate of drug-likeness (QED) is 0.898. The summed E-state index contributed by atoms with van der Waals surface area (Å²) in [5.41, 5.74) is 1.23. The Labute approximate surface area is 138 Å². The molecule has 1 aliphatic carbocycles. The van der Waals surface area contributed by atoms with Gasteiger partial charge in [0, 0.05) is 6.04 Å². The Morgan fingerprint density at radius 1 is 1.13 bits per heavy atom. The van der Waals surface area contributed by atoms with E-state index >= 15 is 0 Å². The summed E-state index contributed by atoms with van der Waals surface area (Å²) in [5.74, 6) is 0.245. The second-order valence-electron chi connectivity index (χ2n) is 6.95. The van der Waals surface area contributed by atoms with Gasteiger partial charge in [0.25, 0.3) is 0 Å². The molecule has 1 aromatic carbocycles. The van der Waals surface area contributed by atoms with Crippen molar-refractivity contribution in [1.29, 1.82) is 0 Å². The van der Waals surface area contributed by atoms with Crippen molar-refractivity contribution in [3.8, 4) is 0 Å². The monoisotopic (exact) mass is 335 g/mol. The fraction of sp³-hybridized carbons (Fsp3) is 0.611. The number of hydrogen-bond donors (Lipinski definition) is 1. The highest BCUT2D eigenvalue weighted by Gasteiger charge is 2.35. The van der Waals surface area contributed by atoms with Gasteiger partial charge in [0.05, 0.1) is 17.4 Å². The number of benzene rings is 1. The maximum atomic E-state index is 12.5. The van der Waals surface area contributed by atoms with E-state index in [0.717, 1.165) is 19.3 Å². The zero-order chi connectivity index (χ0) is 16.3. The first-order valence-corrected chi connectivity index (χ1v) is 10.4. The molecule has 4 nitrogen and oxygen atoms in total. The van der Waals surface area contributed by atoms with Crippen molar-refractivity contribution in [2.75, 3.05) is 11.5 Å². The third kappa shape index (κ3) is 4.34. The van der Waals surface area contributed by atoms with Crippen LogP contribution in [0, 0.1) is 11.8 Å². The summed E-state index contributed by atoms with van der Waals surface area (Å²) in [6, 6.07) is 10.3. The lowest BCUT2D eigenvalue weighted by molar-refractivity contribution is -0.125. The van der Waals surface area contributed by atoms with Gasteiger partial charge in [-0.05, 0) is 37.2 Å². The van der Waals surface area contributed by atoms with Crippen LogP contribution in [0.1, 0.15) is 37.7 Å². The Hall–Kier alpha value is -1.36. The van der Waals surface area contributed by atoms with Gasteiger partial charge >= 0.3 is 0 Å². The zero-order valence-electron chi connectivity index (χ0n) is 13.4. The first-order valence-electron chi connectivity index (χ1n) is 8.58. The number of sulfone groups is 1. The molecule has 126 valence electrons. The van der Waals surface area contributed by atoms with Gasteiger partial charge in [-0.1, -0.05) is 43.2 Å². The van der Waals surface area contributed by atoms with Gasteiger partial charge < -0.3 is 5.32 Å². The molecule has 23 heavy (non-hydrogen) atoms. The van der Waals surface area contributed by atoms with Crippen LogP contribution in [0.15, 0.2) is 30.3 Å². The molecule has 0 radical (unpaired) electrons. The molecular formula is C18H25NO3S. The number of hydrogen-bond acceptors (Lipinski definition) is 3. The van der Waals surface area contributed by atoms with Gasteiger partial charge in [-0.25, -0.2) is 8.42 Å². The number of nitrogens with one attached hydrogen (secondary N) is 1. The van der Waals surface area contributed by atoms with Crippen molar-refractivity contribution in [3.05, 3.63) is 35.9 Å². The number of carbonyl (C=O) groups excluding carboxylic acids is 1.